The first kappa shape index (κ1) is 58.1. The number of anilines is 12. The van der Waals surface area contributed by atoms with E-state index in [1.807, 2.05) is 84.9 Å². The van der Waals surface area contributed by atoms with Crippen LogP contribution >= 0.6 is 0 Å². The number of hydrogen-bond donors (Lipinski definition) is 0. The molecule has 0 unspecified atom stereocenters. The third kappa shape index (κ3) is 10.2. The maximum atomic E-state index is 5.75. The van der Waals surface area contributed by atoms with Crippen LogP contribution in [0.1, 0.15) is 27.8 Å². The summed E-state index contributed by atoms with van der Waals surface area (Å²) < 4.78 is 40.2. The molecular weight excluding hydrogens is 1140 g/mol. The third-order valence-corrected chi connectivity index (χ3v) is 17.8. The topological polar surface area (TPSA) is 77.6 Å². The van der Waals surface area contributed by atoms with Crippen LogP contribution in [0.25, 0.3) is 22.3 Å². The molecule has 12 aromatic carbocycles. The van der Waals surface area contributed by atoms with Crippen LogP contribution in [0, 0.1) is 6.92 Å². The van der Waals surface area contributed by atoms with Gasteiger partial charge < -0.3 is 52.8 Å². The highest BCUT2D eigenvalue weighted by atomic mass is 16.5. The van der Waals surface area contributed by atoms with Crippen molar-refractivity contribution in [2.45, 2.75) is 12.3 Å². The number of methoxy groups -OCH3 is 7. The Labute approximate surface area is 537 Å². The van der Waals surface area contributed by atoms with Gasteiger partial charge in [-0.2, -0.15) is 0 Å². The van der Waals surface area contributed by atoms with Gasteiger partial charge >= 0.3 is 0 Å². The lowest BCUT2D eigenvalue weighted by atomic mass is 9.70. The molecule has 12 aromatic rings. The molecule has 0 atom stereocenters. The molecule has 0 N–H and O–H groups in total. The Morgan fingerprint density at radius 2 is 0.348 bits per heavy atom. The molecule has 0 saturated carbocycles. The van der Waals surface area contributed by atoms with Gasteiger partial charge in [0.1, 0.15) is 40.2 Å². The lowest BCUT2D eigenvalue weighted by molar-refractivity contribution is 0.414. The molecule has 0 aromatic heterocycles. The maximum absolute atomic E-state index is 5.75. The van der Waals surface area contributed by atoms with Crippen LogP contribution in [-0.2, 0) is 5.41 Å². The molecule has 14 rings (SSSR count). The van der Waals surface area contributed by atoms with Crippen LogP contribution in [0.3, 0.4) is 0 Å². The van der Waals surface area contributed by atoms with E-state index < -0.39 is 5.41 Å². The normalized spacial score (nSPS) is 12.0. The van der Waals surface area contributed by atoms with Crippen LogP contribution in [-0.4, -0.2) is 49.8 Å². The summed E-state index contributed by atoms with van der Waals surface area (Å²) in [7, 11) is 11.9. The fraction of sp³-hybridized carbons (Fsp3) is 0.111. The fourth-order valence-corrected chi connectivity index (χ4v) is 13.3. The van der Waals surface area contributed by atoms with E-state index in [1.165, 1.54) is 5.56 Å². The van der Waals surface area contributed by atoms with Crippen LogP contribution in [0.15, 0.2) is 267 Å². The van der Waals surface area contributed by atoms with Gasteiger partial charge in [-0.25, -0.2) is 0 Å². The molecule has 2 aliphatic rings. The third-order valence-electron chi connectivity index (χ3n) is 17.8. The monoisotopic (exact) mass is 1210 g/mol. The van der Waals surface area contributed by atoms with Crippen LogP contribution in [0.2, 0.25) is 0 Å². The summed E-state index contributed by atoms with van der Waals surface area (Å²) in [5, 5.41) is 0. The molecule has 11 nitrogen and oxygen atoms in total. The summed E-state index contributed by atoms with van der Waals surface area (Å²) in [6.07, 6.45) is 0. The molecule has 0 fully saturated rings. The van der Waals surface area contributed by atoms with Crippen LogP contribution < -0.4 is 52.8 Å². The van der Waals surface area contributed by atoms with Crippen molar-refractivity contribution in [2.75, 3.05) is 69.4 Å². The Bertz CT molecular complexity index is 4170. The van der Waals surface area contributed by atoms with Crippen molar-refractivity contribution in [3.05, 3.63) is 295 Å². The minimum absolute atomic E-state index is 0.763. The molecule has 92 heavy (non-hydrogen) atoms. The molecule has 0 bridgehead atoms. The predicted molar refractivity (Wildman–Crippen MR) is 372 cm³/mol. The van der Waals surface area contributed by atoms with Crippen molar-refractivity contribution in [3.8, 4) is 62.5 Å². The van der Waals surface area contributed by atoms with Gasteiger partial charge in [0.25, 0.3) is 0 Å². The van der Waals surface area contributed by atoms with Crippen molar-refractivity contribution in [2.24, 2.45) is 0 Å². The zero-order valence-corrected chi connectivity index (χ0v) is 52.6. The van der Waals surface area contributed by atoms with Gasteiger partial charge in [0.05, 0.1) is 55.2 Å². The number of ether oxygens (including phenoxy) is 7. The Balaban J connectivity index is 1.10. The number of aryl methyl sites for hydroxylation is 1. The summed E-state index contributed by atoms with van der Waals surface area (Å²) in [6.45, 7) is 2.13. The van der Waals surface area contributed by atoms with Gasteiger partial charge in [-0.1, -0.05) is 42.0 Å². The van der Waals surface area contributed by atoms with Gasteiger partial charge in [0, 0.05) is 68.2 Å². The quantitative estimate of drug-likeness (QED) is 0.0777. The average molecular weight is 1210 g/mol. The second kappa shape index (κ2) is 24.4. The molecule has 0 saturated heterocycles. The smallest absolute Gasteiger partial charge is 0.119 e. The molecule has 11 heteroatoms. The summed E-state index contributed by atoms with van der Waals surface area (Å²) in [5.41, 5.74) is 20.7. The zero-order chi connectivity index (χ0) is 63.0. The minimum Gasteiger partial charge on any atom is -0.497 e. The Kier molecular flexibility index (Phi) is 15.4. The molecule has 2 aliphatic carbocycles. The number of rotatable bonds is 19. The summed E-state index contributed by atoms with van der Waals surface area (Å²) in [5.74, 6) is 5.36. The molecule has 0 radical (unpaired) electrons. The SMILES string of the molecule is COc1ccc(N(c2ccc(C)cc2)c2ccc3c(c2)C2(c4cc(N(c5ccc(OC)cc5)c5ccc(OC)cc5)ccc4-3)c3cc(N(c4ccc(OC)cc4)c4ccc(OC)cc4)ccc3-c3ccc(N(c4ccc(OC)cc4)c4ccc(OC)cc4)cc32)cc1. The maximum Gasteiger partial charge on any atom is 0.119 e. The second-order valence-corrected chi connectivity index (χ2v) is 22.7. The van der Waals surface area contributed by atoms with E-state index in [-0.39, 0.29) is 0 Å². The van der Waals surface area contributed by atoms with Crippen LogP contribution in [0.4, 0.5) is 68.2 Å². The molecule has 454 valence electrons. The largest absolute Gasteiger partial charge is 0.497 e. The lowest BCUT2D eigenvalue weighted by Crippen LogP contribution is -2.27. The Hall–Kier alpha value is -11.6. The van der Waals surface area contributed by atoms with Crippen molar-refractivity contribution in [1.82, 2.24) is 0 Å². The van der Waals surface area contributed by atoms with Crippen molar-refractivity contribution in [3.63, 3.8) is 0 Å². The van der Waals surface area contributed by atoms with E-state index in [2.05, 4.69) is 209 Å². The minimum atomic E-state index is -0.991. The number of fused-ring (bicyclic) bond motifs is 10. The zero-order valence-electron chi connectivity index (χ0n) is 52.6. The van der Waals surface area contributed by atoms with Gasteiger partial charge in [-0.15, -0.1) is 0 Å². The Morgan fingerprint density at radius 3 is 0.511 bits per heavy atom. The lowest BCUT2D eigenvalue weighted by Gasteiger charge is -2.35. The summed E-state index contributed by atoms with van der Waals surface area (Å²) >= 11 is 0. The molecule has 0 heterocycles. The highest BCUT2D eigenvalue weighted by Gasteiger charge is 2.53. The number of hydrogen-bond acceptors (Lipinski definition) is 11. The first-order chi connectivity index (χ1) is 45.1. The van der Waals surface area contributed by atoms with Crippen molar-refractivity contribution < 1.29 is 33.2 Å². The average Bonchev–Trinajstić information content (AvgIpc) is 1.50. The van der Waals surface area contributed by atoms with Gasteiger partial charge in [-0.05, 0) is 282 Å². The van der Waals surface area contributed by atoms with E-state index in [4.69, 9.17) is 33.2 Å². The highest BCUT2D eigenvalue weighted by Crippen LogP contribution is 2.66. The van der Waals surface area contributed by atoms with Crippen molar-refractivity contribution >= 4 is 68.2 Å². The van der Waals surface area contributed by atoms with Gasteiger partial charge in [0.15, 0.2) is 0 Å². The second-order valence-electron chi connectivity index (χ2n) is 22.7. The predicted octanol–water partition coefficient (Wildman–Crippen LogP) is 20.3. The molecule has 1 spiro atoms. The van der Waals surface area contributed by atoms with E-state index in [0.29, 0.717) is 0 Å². The van der Waals surface area contributed by atoms with Crippen molar-refractivity contribution in [1.29, 1.82) is 0 Å². The standard InChI is InChI=1S/C81H68N4O7/c1-53-9-11-54(12-10-53)82(55-13-31-66(86-2)32-14-55)62-27-45-73-74-46-28-63(83(56-15-33-67(87-3)34-16-56)57-17-35-68(88-4)36-18-57)50-78(74)81(77(73)49-62)79-51-64(84(58-19-37-69(89-5)38-20-58)59-21-39-70(90-6)40-22-59)29-47-75(79)76-48-30-65(52-80(76)81)85(60-23-41-71(91-7)42-24-60)61-25-43-72(92-8)44-26-61/h9-52H,1-8H3. The molecule has 0 amide bonds. The summed E-state index contributed by atoms with van der Waals surface area (Å²) in [6, 6.07) is 94.7. The molecular formula is C81H68N4O7. The molecule has 0 aliphatic heterocycles. The van der Waals surface area contributed by atoms with Gasteiger partial charge in [-0.3, -0.25) is 0 Å². The van der Waals surface area contributed by atoms with Crippen LogP contribution in [0.5, 0.6) is 40.2 Å². The van der Waals surface area contributed by atoms with E-state index in [0.717, 1.165) is 153 Å². The summed E-state index contributed by atoms with van der Waals surface area (Å²) in [4.78, 5) is 9.30. The number of nitrogens with zero attached hydrogens (tertiary/aromatic N) is 4. The van der Waals surface area contributed by atoms with E-state index in [1.54, 1.807) is 49.8 Å². The highest BCUT2D eigenvalue weighted by molar-refractivity contribution is 6.00. The first-order valence-electron chi connectivity index (χ1n) is 30.5. The van der Waals surface area contributed by atoms with Gasteiger partial charge in [0.2, 0.25) is 0 Å². The van der Waals surface area contributed by atoms with E-state index in [9.17, 15) is 0 Å². The first-order valence-corrected chi connectivity index (χ1v) is 30.5. The Morgan fingerprint density at radius 1 is 0.196 bits per heavy atom. The fourth-order valence-electron chi connectivity index (χ4n) is 13.3. The number of benzene rings is 12. The van der Waals surface area contributed by atoms with E-state index >= 15 is 0 Å².